The molecular weight excluding hydrogens is 236 g/mol. The second kappa shape index (κ2) is 4.47. The fraction of sp³-hybridized carbons (Fsp3) is 0.333. The maximum Gasteiger partial charge on any atom is 0.0790 e. The van der Waals surface area contributed by atoms with Gasteiger partial charge in [0.2, 0.25) is 0 Å². The van der Waals surface area contributed by atoms with Crippen molar-refractivity contribution in [3.63, 3.8) is 0 Å². The van der Waals surface area contributed by atoms with Crippen LogP contribution in [0.1, 0.15) is 18.4 Å². The molecule has 0 saturated heterocycles. The summed E-state index contributed by atoms with van der Waals surface area (Å²) in [4.78, 5) is 4.16. The van der Waals surface area contributed by atoms with Crippen molar-refractivity contribution in [2.75, 3.05) is 0 Å². The first-order chi connectivity index (χ1) is 8.33. The first-order valence-corrected chi connectivity index (χ1v) is 6.07. The smallest absolute Gasteiger partial charge is 0.0790 e. The van der Waals surface area contributed by atoms with E-state index in [2.05, 4.69) is 15.4 Å². The number of aromatic nitrogens is 3. The second-order valence-corrected chi connectivity index (χ2v) is 4.70. The van der Waals surface area contributed by atoms with Gasteiger partial charge in [0.25, 0.3) is 0 Å². The Morgan fingerprint density at radius 3 is 3.00 bits per heavy atom. The van der Waals surface area contributed by atoms with E-state index in [1.807, 2.05) is 12.3 Å². The van der Waals surface area contributed by atoms with E-state index >= 15 is 0 Å². The minimum Gasteiger partial charge on any atom is -0.310 e. The van der Waals surface area contributed by atoms with Crippen molar-refractivity contribution >= 4 is 11.6 Å². The molecule has 0 bridgehead atoms. The van der Waals surface area contributed by atoms with Gasteiger partial charge < -0.3 is 5.32 Å². The summed E-state index contributed by atoms with van der Waals surface area (Å²) in [6, 6.07) is 2.64. The minimum atomic E-state index is 0.642. The molecule has 3 rings (SSSR count). The van der Waals surface area contributed by atoms with Crippen molar-refractivity contribution in [2.24, 2.45) is 0 Å². The molecule has 5 heteroatoms. The molecule has 1 N–H and O–H groups in total. The van der Waals surface area contributed by atoms with Crippen LogP contribution in [-0.4, -0.2) is 20.8 Å². The molecular formula is C12H13ClN4. The van der Waals surface area contributed by atoms with Crippen molar-refractivity contribution in [1.29, 1.82) is 0 Å². The Balaban J connectivity index is 1.86. The van der Waals surface area contributed by atoms with Crippen LogP contribution in [0, 0.1) is 0 Å². The lowest BCUT2D eigenvalue weighted by Crippen LogP contribution is -2.17. The average molecular weight is 249 g/mol. The molecule has 1 saturated carbocycles. The molecule has 88 valence electrons. The van der Waals surface area contributed by atoms with Crippen LogP contribution >= 0.6 is 11.6 Å². The van der Waals surface area contributed by atoms with Crippen LogP contribution in [0.5, 0.6) is 0 Å². The molecule has 0 aliphatic heterocycles. The van der Waals surface area contributed by atoms with Crippen molar-refractivity contribution < 1.29 is 0 Å². The van der Waals surface area contributed by atoms with Gasteiger partial charge in [-0.25, -0.2) is 4.68 Å². The normalized spacial score (nSPS) is 15.1. The number of nitrogens with one attached hydrogen (secondary N) is 1. The summed E-state index contributed by atoms with van der Waals surface area (Å²) in [5.41, 5.74) is 2.17. The predicted octanol–water partition coefficient (Wildman–Crippen LogP) is 2.17. The largest absolute Gasteiger partial charge is 0.310 e. The third kappa shape index (κ3) is 2.48. The molecule has 0 spiro atoms. The lowest BCUT2D eigenvalue weighted by atomic mass is 10.2. The van der Waals surface area contributed by atoms with E-state index in [-0.39, 0.29) is 0 Å². The SMILES string of the molecule is Clc1cnn(-c2ccncc2CNC2CC2)c1. The topological polar surface area (TPSA) is 42.7 Å². The second-order valence-electron chi connectivity index (χ2n) is 4.26. The number of nitrogens with zero attached hydrogens (tertiary/aromatic N) is 3. The molecule has 1 fully saturated rings. The Hall–Kier alpha value is -1.39. The quantitative estimate of drug-likeness (QED) is 0.902. The maximum atomic E-state index is 5.89. The molecule has 2 aromatic rings. The molecule has 0 atom stereocenters. The van der Waals surface area contributed by atoms with E-state index < -0.39 is 0 Å². The average Bonchev–Trinajstić information content (AvgIpc) is 3.08. The highest BCUT2D eigenvalue weighted by Gasteiger charge is 2.20. The third-order valence-corrected chi connectivity index (χ3v) is 3.03. The van der Waals surface area contributed by atoms with Crippen LogP contribution < -0.4 is 5.32 Å². The standard InChI is InChI=1S/C12H13ClN4/c13-10-7-16-17(8-10)12-3-4-14-5-9(12)6-15-11-1-2-11/h3-5,7-8,11,15H,1-2,6H2. The third-order valence-electron chi connectivity index (χ3n) is 2.83. The zero-order chi connectivity index (χ0) is 11.7. The van der Waals surface area contributed by atoms with Crippen LogP contribution in [-0.2, 0) is 6.54 Å². The molecule has 0 radical (unpaired) electrons. The number of hydrogen-bond acceptors (Lipinski definition) is 3. The van der Waals surface area contributed by atoms with Crippen molar-refractivity contribution in [3.8, 4) is 5.69 Å². The molecule has 17 heavy (non-hydrogen) atoms. The Bertz CT molecular complexity index is 519. The highest BCUT2D eigenvalue weighted by molar-refractivity contribution is 6.30. The predicted molar refractivity (Wildman–Crippen MR) is 66.2 cm³/mol. The first-order valence-electron chi connectivity index (χ1n) is 5.70. The minimum absolute atomic E-state index is 0.642. The lowest BCUT2D eigenvalue weighted by Gasteiger charge is -2.09. The summed E-state index contributed by atoms with van der Waals surface area (Å²) >= 11 is 5.89. The summed E-state index contributed by atoms with van der Waals surface area (Å²) < 4.78 is 1.79. The van der Waals surface area contributed by atoms with Crippen LogP contribution in [0.2, 0.25) is 5.02 Å². The Labute approximate surface area is 105 Å². The number of hydrogen-bond donors (Lipinski definition) is 1. The molecule has 2 heterocycles. The van der Waals surface area contributed by atoms with Crippen LogP contribution in [0.4, 0.5) is 0 Å². The molecule has 0 unspecified atom stereocenters. The van der Waals surface area contributed by atoms with Crippen LogP contribution in [0.25, 0.3) is 5.69 Å². The van der Waals surface area contributed by atoms with Gasteiger partial charge in [-0.2, -0.15) is 5.10 Å². The van der Waals surface area contributed by atoms with E-state index in [0.29, 0.717) is 11.1 Å². The van der Waals surface area contributed by atoms with Gasteiger partial charge in [-0.15, -0.1) is 0 Å². The zero-order valence-electron chi connectivity index (χ0n) is 9.31. The molecule has 1 aliphatic rings. The van der Waals surface area contributed by atoms with Gasteiger partial charge >= 0.3 is 0 Å². The zero-order valence-corrected chi connectivity index (χ0v) is 10.1. The molecule has 0 aromatic carbocycles. The number of halogens is 1. The Morgan fingerprint density at radius 2 is 2.29 bits per heavy atom. The summed E-state index contributed by atoms with van der Waals surface area (Å²) in [5.74, 6) is 0. The summed E-state index contributed by atoms with van der Waals surface area (Å²) in [7, 11) is 0. The molecule has 4 nitrogen and oxygen atoms in total. The first kappa shape index (κ1) is 10.7. The van der Waals surface area contributed by atoms with Crippen molar-refractivity contribution in [3.05, 3.63) is 41.4 Å². The Morgan fingerprint density at radius 1 is 1.41 bits per heavy atom. The highest BCUT2D eigenvalue weighted by atomic mass is 35.5. The van der Waals surface area contributed by atoms with Gasteiger partial charge in [0.15, 0.2) is 0 Å². The Kier molecular flexibility index (Phi) is 2.82. The van der Waals surface area contributed by atoms with Gasteiger partial charge in [-0.1, -0.05) is 11.6 Å². The fourth-order valence-corrected chi connectivity index (χ4v) is 1.89. The summed E-state index contributed by atoms with van der Waals surface area (Å²) in [6.07, 6.45) is 9.65. The van der Waals surface area contributed by atoms with E-state index in [0.717, 1.165) is 17.8 Å². The van der Waals surface area contributed by atoms with Gasteiger partial charge in [0.05, 0.1) is 16.9 Å². The highest BCUT2D eigenvalue weighted by Crippen LogP contribution is 2.21. The van der Waals surface area contributed by atoms with E-state index in [1.165, 1.54) is 12.8 Å². The van der Waals surface area contributed by atoms with Crippen molar-refractivity contribution in [2.45, 2.75) is 25.4 Å². The van der Waals surface area contributed by atoms with Crippen molar-refractivity contribution in [1.82, 2.24) is 20.1 Å². The maximum absolute atomic E-state index is 5.89. The summed E-state index contributed by atoms with van der Waals surface area (Å²) in [6.45, 7) is 0.825. The van der Waals surface area contributed by atoms with Gasteiger partial charge in [-0.05, 0) is 18.9 Å². The van der Waals surface area contributed by atoms with Gasteiger partial charge in [-0.3, -0.25) is 4.98 Å². The monoisotopic (exact) mass is 248 g/mol. The lowest BCUT2D eigenvalue weighted by molar-refractivity contribution is 0.679. The molecule has 1 aliphatic carbocycles. The molecule has 0 amide bonds. The van der Waals surface area contributed by atoms with E-state index in [9.17, 15) is 0 Å². The molecule has 2 aromatic heterocycles. The fourth-order valence-electron chi connectivity index (χ4n) is 1.75. The van der Waals surface area contributed by atoms with E-state index in [1.54, 1.807) is 23.3 Å². The van der Waals surface area contributed by atoms with E-state index in [4.69, 9.17) is 11.6 Å². The summed E-state index contributed by atoms with van der Waals surface area (Å²) in [5, 5.41) is 8.34. The van der Waals surface area contributed by atoms with Crippen LogP contribution in [0.3, 0.4) is 0 Å². The van der Waals surface area contributed by atoms with Crippen LogP contribution in [0.15, 0.2) is 30.9 Å². The number of pyridine rings is 1. The number of rotatable bonds is 4. The van der Waals surface area contributed by atoms with Gasteiger partial charge in [0, 0.05) is 36.7 Å². The van der Waals surface area contributed by atoms with Gasteiger partial charge in [0.1, 0.15) is 0 Å².